The zero-order chi connectivity index (χ0) is 15.0. The highest BCUT2D eigenvalue weighted by molar-refractivity contribution is 9.10. The summed E-state index contributed by atoms with van der Waals surface area (Å²) in [5, 5.41) is 9.33. The van der Waals surface area contributed by atoms with E-state index in [2.05, 4.69) is 26.1 Å². The topological polar surface area (TPSA) is 61.0 Å². The van der Waals surface area contributed by atoms with Gasteiger partial charge in [-0.15, -0.1) is 10.2 Å². The van der Waals surface area contributed by atoms with Gasteiger partial charge in [0.25, 0.3) is 0 Å². The normalized spacial score (nSPS) is 10.8. The molecular formula is C15H11BrFN3O. The third-order valence-corrected chi connectivity index (χ3v) is 3.68. The fourth-order valence-corrected chi connectivity index (χ4v) is 2.55. The van der Waals surface area contributed by atoms with E-state index in [1.165, 1.54) is 12.1 Å². The Kier molecular flexibility index (Phi) is 3.47. The van der Waals surface area contributed by atoms with Crippen molar-refractivity contribution in [2.24, 2.45) is 0 Å². The number of anilines is 1. The van der Waals surface area contributed by atoms with Crippen molar-refractivity contribution in [3.63, 3.8) is 0 Å². The van der Waals surface area contributed by atoms with Gasteiger partial charge < -0.3 is 10.5 Å². The van der Waals surface area contributed by atoms with Crippen LogP contribution in [0.4, 0.5) is 10.2 Å². The van der Waals surface area contributed by atoms with Crippen LogP contribution < -0.4 is 10.5 Å². The second kappa shape index (κ2) is 5.29. The first kappa shape index (κ1) is 13.8. The van der Waals surface area contributed by atoms with Crippen LogP contribution in [-0.2, 0) is 0 Å². The van der Waals surface area contributed by atoms with Crippen LogP contribution in [0.5, 0.6) is 5.75 Å². The Morgan fingerprint density at radius 1 is 1.10 bits per heavy atom. The number of nitrogens with zero attached hydrogens (tertiary/aromatic N) is 2. The van der Waals surface area contributed by atoms with Crippen molar-refractivity contribution in [3.05, 3.63) is 46.7 Å². The summed E-state index contributed by atoms with van der Waals surface area (Å²) in [6, 6.07) is 9.96. The molecule has 6 heteroatoms. The van der Waals surface area contributed by atoms with E-state index in [0.29, 0.717) is 16.8 Å². The van der Waals surface area contributed by atoms with Gasteiger partial charge in [-0.3, -0.25) is 0 Å². The highest BCUT2D eigenvalue weighted by Crippen LogP contribution is 2.36. The van der Waals surface area contributed by atoms with Gasteiger partial charge in [0, 0.05) is 20.8 Å². The van der Waals surface area contributed by atoms with Crippen LogP contribution in [0.1, 0.15) is 0 Å². The minimum Gasteiger partial charge on any atom is -0.496 e. The Morgan fingerprint density at radius 2 is 1.90 bits per heavy atom. The van der Waals surface area contributed by atoms with Crippen LogP contribution in [0.15, 0.2) is 40.9 Å². The van der Waals surface area contributed by atoms with Crippen molar-refractivity contribution in [1.29, 1.82) is 0 Å². The molecule has 1 aromatic heterocycles. The van der Waals surface area contributed by atoms with Crippen molar-refractivity contribution in [2.75, 3.05) is 12.8 Å². The first-order chi connectivity index (χ1) is 10.1. The molecule has 2 aromatic carbocycles. The number of benzene rings is 2. The smallest absolute Gasteiger partial charge is 0.154 e. The Bertz CT molecular complexity index is 839. The van der Waals surface area contributed by atoms with Gasteiger partial charge in [0.2, 0.25) is 0 Å². The molecule has 4 nitrogen and oxygen atoms in total. The predicted molar refractivity (Wildman–Crippen MR) is 83.6 cm³/mol. The number of ether oxygens (including phenoxy) is 1. The van der Waals surface area contributed by atoms with Gasteiger partial charge >= 0.3 is 0 Å². The molecule has 3 aromatic rings. The maximum absolute atomic E-state index is 13.4. The second-order valence-corrected chi connectivity index (χ2v) is 5.38. The van der Waals surface area contributed by atoms with Crippen LogP contribution in [-0.4, -0.2) is 17.3 Å². The average Bonchev–Trinajstić information content (AvgIpc) is 2.48. The van der Waals surface area contributed by atoms with Crippen molar-refractivity contribution >= 4 is 32.5 Å². The lowest BCUT2D eigenvalue weighted by Crippen LogP contribution is -1.99. The third-order valence-electron chi connectivity index (χ3n) is 3.19. The van der Waals surface area contributed by atoms with Crippen LogP contribution in [0.25, 0.3) is 22.0 Å². The number of aromatic nitrogens is 2. The Labute approximate surface area is 128 Å². The molecular weight excluding hydrogens is 337 g/mol. The van der Waals surface area contributed by atoms with Gasteiger partial charge in [-0.2, -0.15) is 0 Å². The monoisotopic (exact) mass is 347 g/mol. The molecule has 1 heterocycles. The van der Waals surface area contributed by atoms with Crippen molar-refractivity contribution in [3.8, 4) is 17.0 Å². The molecule has 0 unspecified atom stereocenters. The molecule has 0 saturated carbocycles. The molecule has 2 N–H and O–H groups in total. The molecule has 0 bridgehead atoms. The summed E-state index contributed by atoms with van der Waals surface area (Å²) in [6.07, 6.45) is 0. The molecule has 0 fully saturated rings. The third kappa shape index (κ3) is 2.42. The summed E-state index contributed by atoms with van der Waals surface area (Å²) in [4.78, 5) is 0. The van der Waals surface area contributed by atoms with Gasteiger partial charge in [0.05, 0.1) is 7.11 Å². The fourth-order valence-electron chi connectivity index (χ4n) is 2.21. The Balaban J connectivity index is 2.33. The second-order valence-electron chi connectivity index (χ2n) is 4.47. The lowest BCUT2D eigenvalue weighted by atomic mass is 10.0. The minimum atomic E-state index is -0.365. The van der Waals surface area contributed by atoms with E-state index in [9.17, 15) is 4.39 Å². The van der Waals surface area contributed by atoms with Gasteiger partial charge in [-0.05, 0) is 36.4 Å². The quantitative estimate of drug-likeness (QED) is 0.766. The summed E-state index contributed by atoms with van der Waals surface area (Å²) in [7, 11) is 1.58. The number of hydrogen-bond acceptors (Lipinski definition) is 4. The number of halogens is 2. The van der Waals surface area contributed by atoms with Crippen LogP contribution in [0.3, 0.4) is 0 Å². The SMILES string of the molecule is COc1cc(Br)ccc1-c1nnc(N)c2cc(F)ccc12. The van der Waals surface area contributed by atoms with Crippen molar-refractivity contribution < 1.29 is 9.13 Å². The number of fused-ring (bicyclic) bond motifs is 1. The lowest BCUT2D eigenvalue weighted by molar-refractivity contribution is 0.416. The number of nitrogen functional groups attached to an aromatic ring is 1. The number of nitrogens with two attached hydrogens (primary N) is 1. The van der Waals surface area contributed by atoms with E-state index in [1.807, 2.05) is 18.2 Å². The van der Waals surface area contributed by atoms with E-state index in [-0.39, 0.29) is 11.6 Å². The van der Waals surface area contributed by atoms with Gasteiger partial charge in [-0.1, -0.05) is 15.9 Å². The standard InChI is InChI=1S/C15H11BrFN3O/c1-21-13-6-8(16)2-4-11(13)14-10-5-3-9(17)7-12(10)15(18)20-19-14/h2-7H,1H3,(H2,18,20). The molecule has 0 aliphatic rings. The summed E-state index contributed by atoms with van der Waals surface area (Å²) < 4.78 is 19.7. The van der Waals surface area contributed by atoms with E-state index in [4.69, 9.17) is 10.5 Å². The number of methoxy groups -OCH3 is 1. The molecule has 0 amide bonds. The maximum atomic E-state index is 13.4. The molecule has 0 atom stereocenters. The minimum absolute atomic E-state index is 0.198. The van der Waals surface area contributed by atoms with E-state index < -0.39 is 0 Å². The lowest BCUT2D eigenvalue weighted by Gasteiger charge is -2.11. The molecule has 0 aliphatic heterocycles. The highest BCUT2D eigenvalue weighted by Gasteiger charge is 2.14. The number of hydrogen-bond donors (Lipinski definition) is 1. The molecule has 21 heavy (non-hydrogen) atoms. The molecule has 0 aliphatic carbocycles. The van der Waals surface area contributed by atoms with Gasteiger partial charge in [-0.25, -0.2) is 4.39 Å². The molecule has 3 rings (SSSR count). The molecule has 0 saturated heterocycles. The van der Waals surface area contributed by atoms with E-state index in [0.717, 1.165) is 15.4 Å². The van der Waals surface area contributed by atoms with Crippen LogP contribution in [0, 0.1) is 5.82 Å². The fraction of sp³-hybridized carbons (Fsp3) is 0.0667. The zero-order valence-corrected chi connectivity index (χ0v) is 12.7. The Morgan fingerprint density at radius 3 is 2.67 bits per heavy atom. The summed E-state index contributed by atoms with van der Waals surface area (Å²) >= 11 is 3.39. The van der Waals surface area contributed by atoms with Crippen LogP contribution in [0.2, 0.25) is 0 Å². The Hall–Kier alpha value is -2.21. The van der Waals surface area contributed by atoms with E-state index >= 15 is 0 Å². The van der Waals surface area contributed by atoms with Gasteiger partial charge in [0.15, 0.2) is 5.82 Å². The van der Waals surface area contributed by atoms with Crippen molar-refractivity contribution in [2.45, 2.75) is 0 Å². The molecule has 0 radical (unpaired) electrons. The summed E-state index contributed by atoms with van der Waals surface area (Å²) in [6.45, 7) is 0. The average molecular weight is 348 g/mol. The molecule has 0 spiro atoms. The van der Waals surface area contributed by atoms with E-state index in [1.54, 1.807) is 13.2 Å². The number of rotatable bonds is 2. The highest BCUT2D eigenvalue weighted by atomic mass is 79.9. The maximum Gasteiger partial charge on any atom is 0.154 e. The first-order valence-electron chi connectivity index (χ1n) is 6.15. The largest absolute Gasteiger partial charge is 0.496 e. The summed E-state index contributed by atoms with van der Waals surface area (Å²) in [5.41, 5.74) is 7.16. The first-order valence-corrected chi connectivity index (χ1v) is 6.95. The van der Waals surface area contributed by atoms with Crippen molar-refractivity contribution in [1.82, 2.24) is 10.2 Å². The van der Waals surface area contributed by atoms with Crippen LogP contribution >= 0.6 is 15.9 Å². The molecule has 106 valence electrons. The predicted octanol–water partition coefficient (Wildman–Crippen LogP) is 3.79. The summed E-state index contributed by atoms with van der Waals surface area (Å²) in [5.74, 6) is 0.481. The zero-order valence-electron chi connectivity index (χ0n) is 11.1. The van der Waals surface area contributed by atoms with Gasteiger partial charge in [0.1, 0.15) is 17.3 Å².